The molecular formula is C20H33F2N3O2. The van der Waals surface area contributed by atoms with Gasteiger partial charge in [0.25, 0.3) is 6.43 Å². The smallest absolute Gasteiger partial charge is 0.409 e. The highest BCUT2D eigenvalue weighted by molar-refractivity contribution is 5.68. The minimum absolute atomic E-state index is 0.169. The molecule has 0 aromatic carbocycles. The van der Waals surface area contributed by atoms with E-state index in [1.165, 1.54) is 0 Å². The lowest BCUT2D eigenvalue weighted by Gasteiger charge is -2.52. The fourth-order valence-electron chi connectivity index (χ4n) is 5.96. The standard InChI is InChI=1S/C20H33F2N3O2/c1-2-27-19(26)24-11-7-20(14-24)12-16(13-20)23-9-5-15(6-10-23)25-8-3-4-17(25)18(21)22/h15-18H,2-14H2,1H3/t16?,17-,20?/m1/s1. The molecule has 1 spiro atoms. The molecule has 0 N–H and O–H groups in total. The molecule has 1 saturated carbocycles. The number of rotatable bonds is 4. The second-order valence-corrected chi connectivity index (χ2v) is 8.98. The van der Waals surface area contributed by atoms with Crippen molar-refractivity contribution < 1.29 is 18.3 Å². The Bertz CT molecular complexity index is 533. The summed E-state index contributed by atoms with van der Waals surface area (Å²) < 4.78 is 31.6. The highest BCUT2D eigenvalue weighted by Crippen LogP contribution is 2.50. The van der Waals surface area contributed by atoms with Gasteiger partial charge in [0, 0.05) is 25.2 Å². The van der Waals surface area contributed by atoms with E-state index in [9.17, 15) is 13.6 Å². The number of piperidine rings is 1. The molecule has 5 nitrogen and oxygen atoms in total. The van der Waals surface area contributed by atoms with Crippen molar-refractivity contribution in [1.82, 2.24) is 14.7 Å². The van der Waals surface area contributed by atoms with Crippen molar-refractivity contribution in [3.8, 4) is 0 Å². The number of halogens is 2. The number of hydrogen-bond acceptors (Lipinski definition) is 4. The van der Waals surface area contributed by atoms with Crippen LogP contribution in [0.25, 0.3) is 0 Å². The molecule has 4 rings (SSSR count). The number of hydrogen-bond donors (Lipinski definition) is 0. The lowest BCUT2D eigenvalue weighted by molar-refractivity contribution is -0.0296. The van der Waals surface area contributed by atoms with E-state index in [4.69, 9.17) is 4.74 Å². The number of ether oxygens (including phenoxy) is 1. The normalized spacial score (nSPS) is 35.9. The van der Waals surface area contributed by atoms with Gasteiger partial charge < -0.3 is 14.5 Å². The van der Waals surface area contributed by atoms with Gasteiger partial charge in [0.15, 0.2) is 0 Å². The zero-order valence-electron chi connectivity index (χ0n) is 16.4. The third-order valence-electron chi connectivity index (χ3n) is 7.42. The van der Waals surface area contributed by atoms with Gasteiger partial charge in [0.2, 0.25) is 0 Å². The number of nitrogens with zero attached hydrogens (tertiary/aromatic N) is 3. The van der Waals surface area contributed by atoms with Crippen LogP contribution in [0.2, 0.25) is 0 Å². The first kappa shape index (κ1) is 19.4. The maximum absolute atomic E-state index is 13.2. The summed E-state index contributed by atoms with van der Waals surface area (Å²) in [6.45, 7) is 6.83. The maximum Gasteiger partial charge on any atom is 0.409 e. The van der Waals surface area contributed by atoms with Crippen molar-refractivity contribution in [2.75, 3.05) is 39.3 Å². The lowest BCUT2D eigenvalue weighted by Crippen LogP contribution is -2.56. The first-order chi connectivity index (χ1) is 13.0. The van der Waals surface area contributed by atoms with E-state index in [1.807, 2.05) is 11.8 Å². The molecule has 0 unspecified atom stereocenters. The van der Waals surface area contributed by atoms with Crippen LogP contribution in [-0.2, 0) is 4.74 Å². The summed E-state index contributed by atoms with van der Waals surface area (Å²) in [5, 5.41) is 0. The molecule has 1 aliphatic carbocycles. The average Bonchev–Trinajstić information content (AvgIpc) is 3.28. The van der Waals surface area contributed by atoms with E-state index in [0.717, 1.165) is 71.2 Å². The molecule has 3 aliphatic heterocycles. The Morgan fingerprint density at radius 1 is 1.11 bits per heavy atom. The van der Waals surface area contributed by atoms with Crippen LogP contribution in [0.3, 0.4) is 0 Å². The van der Waals surface area contributed by atoms with Gasteiger partial charge >= 0.3 is 6.09 Å². The zero-order valence-corrected chi connectivity index (χ0v) is 16.4. The molecule has 3 saturated heterocycles. The van der Waals surface area contributed by atoms with Crippen LogP contribution in [0.1, 0.15) is 51.9 Å². The van der Waals surface area contributed by atoms with E-state index in [1.54, 1.807) is 0 Å². The SMILES string of the molecule is CCOC(=O)N1CCC2(CC(N3CCC(N4CCC[C@@H]4C(F)F)CC3)C2)C1. The largest absolute Gasteiger partial charge is 0.450 e. The van der Waals surface area contributed by atoms with Crippen molar-refractivity contribution in [2.24, 2.45) is 5.41 Å². The van der Waals surface area contributed by atoms with Crippen LogP contribution in [-0.4, -0.2) is 84.7 Å². The monoisotopic (exact) mass is 385 g/mol. The second kappa shape index (κ2) is 7.82. The van der Waals surface area contributed by atoms with Crippen molar-refractivity contribution in [1.29, 1.82) is 0 Å². The van der Waals surface area contributed by atoms with E-state index >= 15 is 0 Å². The predicted octanol–water partition coefficient (Wildman–Crippen LogP) is 3.19. The highest BCUT2D eigenvalue weighted by Gasteiger charge is 2.51. The average molecular weight is 385 g/mol. The molecule has 0 aromatic rings. The lowest BCUT2D eigenvalue weighted by atomic mass is 9.64. The first-order valence-electron chi connectivity index (χ1n) is 10.7. The summed E-state index contributed by atoms with van der Waals surface area (Å²) in [7, 11) is 0. The third-order valence-corrected chi connectivity index (χ3v) is 7.42. The minimum atomic E-state index is -2.21. The van der Waals surface area contributed by atoms with E-state index < -0.39 is 12.5 Å². The molecule has 0 bridgehead atoms. The molecule has 7 heteroatoms. The molecular weight excluding hydrogens is 352 g/mol. The zero-order chi connectivity index (χ0) is 19.0. The van der Waals surface area contributed by atoms with Gasteiger partial charge in [-0.05, 0) is 76.9 Å². The van der Waals surface area contributed by atoms with Crippen LogP contribution >= 0.6 is 0 Å². The third kappa shape index (κ3) is 3.82. The second-order valence-electron chi connectivity index (χ2n) is 8.98. The molecule has 27 heavy (non-hydrogen) atoms. The Labute approximate surface area is 161 Å². The summed E-state index contributed by atoms with van der Waals surface area (Å²) >= 11 is 0. The topological polar surface area (TPSA) is 36.0 Å². The van der Waals surface area contributed by atoms with Crippen LogP contribution in [0.4, 0.5) is 13.6 Å². The molecule has 4 fully saturated rings. The highest BCUT2D eigenvalue weighted by atomic mass is 19.3. The van der Waals surface area contributed by atoms with Crippen molar-refractivity contribution in [3.63, 3.8) is 0 Å². The van der Waals surface area contributed by atoms with E-state index in [-0.39, 0.29) is 6.09 Å². The quantitative estimate of drug-likeness (QED) is 0.745. The van der Waals surface area contributed by atoms with Gasteiger partial charge in [-0.25, -0.2) is 13.6 Å². The molecule has 0 aromatic heterocycles. The summed E-state index contributed by atoms with van der Waals surface area (Å²) in [5.41, 5.74) is 0.296. The number of amides is 1. The number of carbonyl (C=O) groups is 1. The number of likely N-dealkylation sites (tertiary alicyclic amines) is 3. The van der Waals surface area contributed by atoms with Gasteiger partial charge in [-0.2, -0.15) is 0 Å². The van der Waals surface area contributed by atoms with Crippen molar-refractivity contribution in [2.45, 2.75) is 76.4 Å². The van der Waals surface area contributed by atoms with E-state index in [0.29, 0.717) is 30.5 Å². The molecule has 4 aliphatic rings. The van der Waals surface area contributed by atoms with Crippen molar-refractivity contribution in [3.05, 3.63) is 0 Å². The van der Waals surface area contributed by atoms with Crippen LogP contribution in [0.15, 0.2) is 0 Å². The molecule has 1 amide bonds. The van der Waals surface area contributed by atoms with Gasteiger partial charge in [-0.15, -0.1) is 0 Å². The summed E-state index contributed by atoms with van der Waals surface area (Å²) in [4.78, 5) is 18.5. The fraction of sp³-hybridized carbons (Fsp3) is 0.950. The predicted molar refractivity (Wildman–Crippen MR) is 99.0 cm³/mol. The Kier molecular flexibility index (Phi) is 5.61. The van der Waals surface area contributed by atoms with Crippen LogP contribution in [0, 0.1) is 5.41 Å². The van der Waals surface area contributed by atoms with Crippen molar-refractivity contribution >= 4 is 6.09 Å². The Hall–Kier alpha value is -0.950. The molecule has 154 valence electrons. The molecule has 1 atom stereocenters. The van der Waals surface area contributed by atoms with Gasteiger partial charge in [-0.1, -0.05) is 0 Å². The Morgan fingerprint density at radius 3 is 2.52 bits per heavy atom. The van der Waals surface area contributed by atoms with Gasteiger partial charge in [-0.3, -0.25) is 4.90 Å². The first-order valence-corrected chi connectivity index (χ1v) is 10.7. The molecule has 0 radical (unpaired) electrons. The minimum Gasteiger partial charge on any atom is -0.450 e. The molecule has 3 heterocycles. The maximum atomic E-state index is 13.2. The Morgan fingerprint density at radius 2 is 1.85 bits per heavy atom. The number of alkyl halides is 2. The van der Waals surface area contributed by atoms with Crippen LogP contribution in [0.5, 0.6) is 0 Å². The summed E-state index contributed by atoms with van der Waals surface area (Å²) in [6, 6.07) is 0.431. The van der Waals surface area contributed by atoms with Gasteiger partial charge in [0.05, 0.1) is 12.6 Å². The van der Waals surface area contributed by atoms with Gasteiger partial charge in [0.1, 0.15) is 0 Å². The number of carbonyl (C=O) groups excluding carboxylic acids is 1. The summed E-state index contributed by atoms with van der Waals surface area (Å²) in [6.07, 6.45) is 4.64. The fourth-order valence-corrected chi connectivity index (χ4v) is 5.96. The van der Waals surface area contributed by atoms with E-state index in [2.05, 4.69) is 9.80 Å². The summed E-state index contributed by atoms with van der Waals surface area (Å²) in [5.74, 6) is 0. The van der Waals surface area contributed by atoms with Crippen LogP contribution < -0.4 is 0 Å². The Balaban J connectivity index is 1.22.